The van der Waals surface area contributed by atoms with Crippen LogP contribution in [0, 0.1) is 5.92 Å². The highest BCUT2D eigenvalue weighted by Gasteiger charge is 2.31. The molecule has 0 radical (unpaired) electrons. The molecule has 4 rings (SSSR count). The molecule has 2 aromatic rings. The summed E-state index contributed by atoms with van der Waals surface area (Å²) in [6.07, 6.45) is 1.51. The van der Waals surface area contributed by atoms with E-state index in [2.05, 4.69) is 15.0 Å². The Morgan fingerprint density at radius 3 is 2.47 bits per heavy atom. The van der Waals surface area contributed by atoms with Gasteiger partial charge in [-0.1, -0.05) is 25.0 Å². The van der Waals surface area contributed by atoms with E-state index in [0.29, 0.717) is 36.5 Å². The van der Waals surface area contributed by atoms with E-state index in [9.17, 15) is 23.1 Å². The zero-order chi connectivity index (χ0) is 22.7. The Labute approximate surface area is 183 Å². The van der Waals surface area contributed by atoms with Gasteiger partial charge in [-0.15, -0.1) is 13.2 Å². The summed E-state index contributed by atoms with van der Waals surface area (Å²) in [5, 5.41) is 13.1. The molecule has 1 aromatic carbocycles. The van der Waals surface area contributed by atoms with Crippen LogP contribution in [0.1, 0.15) is 48.9 Å². The number of hydrogen-bond acceptors (Lipinski definition) is 5. The van der Waals surface area contributed by atoms with Crippen molar-refractivity contribution in [1.82, 2.24) is 10.3 Å². The molecule has 0 aliphatic heterocycles. The molecule has 2 saturated carbocycles. The highest BCUT2D eigenvalue weighted by atomic mass is 19.4. The van der Waals surface area contributed by atoms with Crippen LogP contribution < -0.4 is 14.8 Å². The first-order valence-electron chi connectivity index (χ1n) is 10.8. The highest BCUT2D eigenvalue weighted by Crippen LogP contribution is 2.32. The maximum Gasteiger partial charge on any atom is 0.573 e. The van der Waals surface area contributed by atoms with E-state index in [0.717, 1.165) is 25.7 Å². The Hall–Kier alpha value is -2.81. The molecule has 2 atom stereocenters. The smallest absolute Gasteiger partial charge is 0.477 e. The van der Waals surface area contributed by atoms with Gasteiger partial charge in [0.1, 0.15) is 11.3 Å². The van der Waals surface area contributed by atoms with Crippen LogP contribution in [0.15, 0.2) is 36.5 Å². The molecule has 1 aromatic heterocycles. The number of carbonyl (C=O) groups is 1. The zero-order valence-corrected chi connectivity index (χ0v) is 17.4. The monoisotopic (exact) mass is 450 g/mol. The van der Waals surface area contributed by atoms with Crippen molar-refractivity contribution in [2.75, 3.05) is 6.61 Å². The van der Waals surface area contributed by atoms with Gasteiger partial charge in [0, 0.05) is 11.8 Å². The van der Waals surface area contributed by atoms with Gasteiger partial charge < -0.3 is 19.9 Å². The second-order valence-corrected chi connectivity index (χ2v) is 8.34. The third-order valence-electron chi connectivity index (χ3n) is 5.72. The molecule has 2 aliphatic rings. The predicted molar refractivity (Wildman–Crippen MR) is 110 cm³/mol. The Kier molecular flexibility index (Phi) is 6.55. The van der Waals surface area contributed by atoms with Crippen molar-refractivity contribution < 1.29 is 32.5 Å². The van der Waals surface area contributed by atoms with Crippen LogP contribution in [0.5, 0.6) is 11.6 Å². The second-order valence-electron chi connectivity index (χ2n) is 8.34. The normalized spacial score (nSPS) is 21.1. The molecule has 9 heteroatoms. The van der Waals surface area contributed by atoms with Crippen LogP contribution in [0.3, 0.4) is 0 Å². The summed E-state index contributed by atoms with van der Waals surface area (Å²) in [6, 6.07) is 6.62. The Bertz CT molecular complexity index is 945. The number of rotatable bonds is 7. The lowest BCUT2D eigenvalue weighted by Crippen LogP contribution is -2.45. The molecule has 0 spiro atoms. The van der Waals surface area contributed by atoms with Crippen LogP contribution in [0.25, 0.3) is 11.1 Å². The highest BCUT2D eigenvalue weighted by molar-refractivity contribution is 5.97. The summed E-state index contributed by atoms with van der Waals surface area (Å²) < 4.78 is 46.9. The van der Waals surface area contributed by atoms with Crippen molar-refractivity contribution in [3.63, 3.8) is 0 Å². The number of alkyl halides is 3. The van der Waals surface area contributed by atoms with Crippen LogP contribution >= 0.6 is 0 Å². The van der Waals surface area contributed by atoms with Gasteiger partial charge in [0.05, 0.1) is 18.8 Å². The average Bonchev–Trinajstić information content (AvgIpc) is 3.58. The SMILES string of the molecule is O=C(N[C@@H]1CCCC[C@H]1O)c1cc(-c2ccc(OC(F)(F)F)cc2)cnc1OCC1CC1. The fourth-order valence-electron chi connectivity index (χ4n) is 3.74. The first kappa shape index (κ1) is 22.4. The molecule has 172 valence electrons. The molecule has 0 saturated heterocycles. The number of benzene rings is 1. The lowest BCUT2D eigenvalue weighted by molar-refractivity contribution is -0.274. The molecule has 1 heterocycles. The van der Waals surface area contributed by atoms with Gasteiger partial charge in [-0.3, -0.25) is 4.79 Å². The van der Waals surface area contributed by atoms with E-state index in [1.807, 2.05) is 0 Å². The number of ether oxygens (including phenoxy) is 2. The molecule has 0 bridgehead atoms. The fraction of sp³-hybridized carbons (Fsp3) is 0.478. The number of aliphatic hydroxyl groups excluding tert-OH is 1. The largest absolute Gasteiger partial charge is 0.573 e. The number of halogens is 3. The van der Waals surface area contributed by atoms with Crippen LogP contribution in [-0.4, -0.2) is 41.1 Å². The average molecular weight is 450 g/mol. The third-order valence-corrected chi connectivity index (χ3v) is 5.72. The van der Waals surface area contributed by atoms with Crippen molar-refractivity contribution in [3.8, 4) is 22.8 Å². The van der Waals surface area contributed by atoms with Crippen molar-refractivity contribution in [3.05, 3.63) is 42.1 Å². The first-order valence-corrected chi connectivity index (χ1v) is 10.8. The Balaban J connectivity index is 1.56. The molecule has 6 nitrogen and oxygen atoms in total. The van der Waals surface area contributed by atoms with E-state index < -0.39 is 18.4 Å². The van der Waals surface area contributed by atoms with E-state index in [1.54, 1.807) is 6.07 Å². The van der Waals surface area contributed by atoms with Gasteiger partial charge >= 0.3 is 6.36 Å². The number of hydrogen-bond donors (Lipinski definition) is 2. The Morgan fingerprint density at radius 1 is 1.09 bits per heavy atom. The minimum absolute atomic E-state index is 0.209. The van der Waals surface area contributed by atoms with Gasteiger partial charge in [-0.25, -0.2) is 4.98 Å². The molecule has 1 amide bonds. The zero-order valence-electron chi connectivity index (χ0n) is 17.4. The topological polar surface area (TPSA) is 80.7 Å². The van der Waals surface area contributed by atoms with Crippen molar-refractivity contribution in [2.24, 2.45) is 5.92 Å². The number of nitrogens with zero attached hydrogens (tertiary/aromatic N) is 1. The number of aromatic nitrogens is 1. The molecular weight excluding hydrogens is 425 g/mol. The standard InChI is InChI=1S/C23H25F3N2O4/c24-23(25,26)32-17-9-7-15(8-10-17)16-11-18(22(27-12-16)31-13-14-5-6-14)21(30)28-19-3-1-2-4-20(19)29/h7-12,14,19-20,29H,1-6,13H2,(H,28,30)/t19-,20-/m1/s1. The predicted octanol–water partition coefficient (Wildman–Crippen LogP) is 4.47. The van der Waals surface area contributed by atoms with Crippen LogP contribution in [0.4, 0.5) is 13.2 Å². The fourth-order valence-corrected chi connectivity index (χ4v) is 3.74. The molecule has 0 unspecified atom stereocenters. The summed E-state index contributed by atoms with van der Waals surface area (Å²) in [5.41, 5.74) is 1.36. The van der Waals surface area contributed by atoms with E-state index >= 15 is 0 Å². The summed E-state index contributed by atoms with van der Waals surface area (Å²) in [4.78, 5) is 17.4. The molecular formula is C23H25F3N2O4. The third kappa shape index (κ3) is 5.91. The molecule has 2 N–H and O–H groups in total. The second kappa shape index (κ2) is 9.36. The van der Waals surface area contributed by atoms with Gasteiger partial charge in [0.2, 0.25) is 5.88 Å². The summed E-state index contributed by atoms with van der Waals surface area (Å²) >= 11 is 0. The number of nitrogens with one attached hydrogen (secondary N) is 1. The lowest BCUT2D eigenvalue weighted by Gasteiger charge is -2.28. The van der Waals surface area contributed by atoms with Gasteiger partial charge in [-0.05, 0) is 55.4 Å². The van der Waals surface area contributed by atoms with E-state index in [-0.39, 0.29) is 23.2 Å². The summed E-state index contributed by atoms with van der Waals surface area (Å²) in [5.74, 6) is -0.0508. The number of pyridine rings is 1. The summed E-state index contributed by atoms with van der Waals surface area (Å²) in [6.45, 7) is 0.474. The number of amides is 1. The minimum Gasteiger partial charge on any atom is -0.477 e. The minimum atomic E-state index is -4.77. The maximum absolute atomic E-state index is 13.0. The van der Waals surface area contributed by atoms with Crippen molar-refractivity contribution in [1.29, 1.82) is 0 Å². The lowest BCUT2D eigenvalue weighted by atomic mass is 9.92. The van der Waals surface area contributed by atoms with Crippen LogP contribution in [0.2, 0.25) is 0 Å². The maximum atomic E-state index is 13.0. The number of carbonyl (C=O) groups excluding carboxylic acids is 1. The first-order chi connectivity index (χ1) is 15.3. The van der Waals surface area contributed by atoms with E-state index in [4.69, 9.17) is 4.74 Å². The molecule has 32 heavy (non-hydrogen) atoms. The Morgan fingerprint density at radius 2 is 1.81 bits per heavy atom. The van der Waals surface area contributed by atoms with Gasteiger partial charge in [0.15, 0.2) is 0 Å². The summed E-state index contributed by atoms with van der Waals surface area (Å²) in [7, 11) is 0. The van der Waals surface area contributed by atoms with Crippen molar-refractivity contribution >= 4 is 5.91 Å². The van der Waals surface area contributed by atoms with Gasteiger partial charge in [0.25, 0.3) is 5.91 Å². The van der Waals surface area contributed by atoms with E-state index in [1.165, 1.54) is 30.5 Å². The van der Waals surface area contributed by atoms with Crippen LogP contribution in [-0.2, 0) is 0 Å². The molecule has 2 fully saturated rings. The number of aliphatic hydroxyl groups is 1. The molecule has 2 aliphatic carbocycles. The quantitative estimate of drug-likeness (QED) is 0.651. The van der Waals surface area contributed by atoms with Gasteiger partial charge in [-0.2, -0.15) is 0 Å². The van der Waals surface area contributed by atoms with Crippen molar-refractivity contribution in [2.45, 2.75) is 57.0 Å².